The highest BCUT2D eigenvalue weighted by molar-refractivity contribution is 5.94. The summed E-state index contributed by atoms with van der Waals surface area (Å²) in [5, 5.41) is 10.7. The van der Waals surface area contributed by atoms with Crippen LogP contribution in [0, 0.1) is 5.92 Å². The van der Waals surface area contributed by atoms with Crippen molar-refractivity contribution in [1.29, 1.82) is 0 Å². The molecule has 0 radical (unpaired) electrons. The molecule has 1 heterocycles. The number of amides is 1. The van der Waals surface area contributed by atoms with Crippen molar-refractivity contribution < 1.29 is 14.6 Å². The third kappa shape index (κ3) is 4.89. The summed E-state index contributed by atoms with van der Waals surface area (Å²) < 4.78 is 5.86. The van der Waals surface area contributed by atoms with Gasteiger partial charge in [0.25, 0.3) is 5.91 Å². The monoisotopic (exact) mass is 401 g/mol. The number of aliphatic hydroxyl groups excluding tert-OH is 1. The Kier molecular flexibility index (Phi) is 6.45. The van der Waals surface area contributed by atoms with E-state index < -0.39 is 6.10 Å². The van der Waals surface area contributed by atoms with Crippen molar-refractivity contribution in [2.24, 2.45) is 5.92 Å². The first-order valence-corrected chi connectivity index (χ1v) is 10.5. The molecule has 0 saturated carbocycles. The first kappa shape index (κ1) is 20.2. The van der Waals surface area contributed by atoms with Crippen LogP contribution in [0.3, 0.4) is 0 Å². The number of rotatable bonds is 6. The molecule has 1 fully saturated rings. The molecular formula is C26H27NO3. The number of piperidine rings is 1. The summed E-state index contributed by atoms with van der Waals surface area (Å²) in [6.45, 7) is 1.78. The van der Waals surface area contributed by atoms with E-state index in [2.05, 4.69) is 0 Å². The second-order valence-corrected chi connectivity index (χ2v) is 7.79. The average Bonchev–Trinajstić information content (AvgIpc) is 2.83. The van der Waals surface area contributed by atoms with Crippen LogP contribution in [-0.2, 0) is 6.61 Å². The van der Waals surface area contributed by atoms with E-state index >= 15 is 0 Å². The Morgan fingerprint density at radius 3 is 2.30 bits per heavy atom. The fourth-order valence-electron chi connectivity index (χ4n) is 3.98. The molecule has 0 spiro atoms. The van der Waals surface area contributed by atoms with E-state index in [1.807, 2.05) is 89.8 Å². The van der Waals surface area contributed by atoms with Crippen LogP contribution in [0.2, 0.25) is 0 Å². The van der Waals surface area contributed by atoms with E-state index in [-0.39, 0.29) is 11.8 Å². The van der Waals surface area contributed by atoms with Gasteiger partial charge in [-0.1, -0.05) is 66.7 Å². The van der Waals surface area contributed by atoms with Gasteiger partial charge in [0.15, 0.2) is 0 Å². The summed E-state index contributed by atoms with van der Waals surface area (Å²) in [5.74, 6) is 0.892. The Morgan fingerprint density at radius 2 is 1.60 bits per heavy atom. The van der Waals surface area contributed by atoms with Crippen LogP contribution >= 0.6 is 0 Å². The Labute approximate surface area is 177 Å². The zero-order valence-electron chi connectivity index (χ0n) is 17.0. The van der Waals surface area contributed by atoms with Crippen LogP contribution in [-0.4, -0.2) is 29.0 Å². The predicted molar refractivity (Wildman–Crippen MR) is 117 cm³/mol. The number of hydrogen-bond donors (Lipinski definition) is 1. The van der Waals surface area contributed by atoms with Crippen molar-refractivity contribution in [3.8, 4) is 5.75 Å². The lowest BCUT2D eigenvalue weighted by atomic mass is 9.87. The van der Waals surface area contributed by atoms with Gasteiger partial charge >= 0.3 is 0 Å². The standard InChI is InChI=1S/C26H27NO3/c28-25(21-10-5-2-6-11-21)22-14-16-27(17-15-22)26(29)23-12-7-13-24(18-23)30-19-20-8-3-1-4-9-20/h1-13,18,22,25,28H,14-17,19H2. The number of hydrogen-bond acceptors (Lipinski definition) is 3. The van der Waals surface area contributed by atoms with Gasteiger partial charge in [0.1, 0.15) is 12.4 Å². The molecular weight excluding hydrogens is 374 g/mol. The lowest BCUT2D eigenvalue weighted by Gasteiger charge is -2.34. The zero-order chi connectivity index (χ0) is 20.8. The van der Waals surface area contributed by atoms with E-state index in [0.717, 1.165) is 24.0 Å². The molecule has 4 nitrogen and oxygen atoms in total. The Hall–Kier alpha value is -3.11. The summed E-state index contributed by atoms with van der Waals surface area (Å²) in [5.41, 5.74) is 2.68. The summed E-state index contributed by atoms with van der Waals surface area (Å²) in [6, 6.07) is 27.1. The summed E-state index contributed by atoms with van der Waals surface area (Å²) >= 11 is 0. The number of benzene rings is 3. The smallest absolute Gasteiger partial charge is 0.253 e. The molecule has 1 saturated heterocycles. The molecule has 4 rings (SSSR count). The van der Waals surface area contributed by atoms with Gasteiger partial charge in [0, 0.05) is 18.7 Å². The third-order valence-electron chi connectivity index (χ3n) is 5.74. The van der Waals surface area contributed by atoms with Crippen molar-refractivity contribution in [1.82, 2.24) is 4.90 Å². The van der Waals surface area contributed by atoms with Crippen LogP contribution in [0.1, 0.15) is 40.4 Å². The van der Waals surface area contributed by atoms with Gasteiger partial charge in [0.2, 0.25) is 0 Å². The van der Waals surface area contributed by atoms with Crippen LogP contribution in [0.25, 0.3) is 0 Å². The highest BCUT2D eigenvalue weighted by atomic mass is 16.5. The maximum absolute atomic E-state index is 13.0. The lowest BCUT2D eigenvalue weighted by molar-refractivity contribution is 0.0462. The van der Waals surface area contributed by atoms with Crippen molar-refractivity contribution in [3.63, 3.8) is 0 Å². The van der Waals surface area contributed by atoms with Crippen LogP contribution < -0.4 is 4.74 Å². The fraction of sp³-hybridized carbons (Fsp3) is 0.269. The average molecular weight is 402 g/mol. The quantitative estimate of drug-likeness (QED) is 0.642. The molecule has 0 aromatic heterocycles. The molecule has 0 bridgehead atoms. The number of ether oxygens (including phenoxy) is 1. The largest absolute Gasteiger partial charge is 0.489 e. The first-order valence-electron chi connectivity index (χ1n) is 10.5. The molecule has 1 aliphatic rings. The topological polar surface area (TPSA) is 49.8 Å². The Bertz CT molecular complexity index is 950. The zero-order valence-corrected chi connectivity index (χ0v) is 17.0. The molecule has 1 amide bonds. The normalized spacial score (nSPS) is 15.6. The molecule has 0 aliphatic carbocycles. The summed E-state index contributed by atoms with van der Waals surface area (Å²) in [6.07, 6.45) is 1.12. The maximum Gasteiger partial charge on any atom is 0.253 e. The Balaban J connectivity index is 1.34. The molecule has 154 valence electrons. The van der Waals surface area contributed by atoms with Crippen LogP contribution in [0.15, 0.2) is 84.9 Å². The van der Waals surface area contributed by atoms with Gasteiger partial charge in [-0.3, -0.25) is 4.79 Å². The van der Waals surface area contributed by atoms with E-state index in [9.17, 15) is 9.90 Å². The minimum atomic E-state index is -0.474. The van der Waals surface area contributed by atoms with Crippen molar-refractivity contribution in [2.75, 3.05) is 13.1 Å². The van der Waals surface area contributed by atoms with Gasteiger partial charge in [-0.05, 0) is 48.1 Å². The predicted octanol–water partition coefficient (Wildman–Crippen LogP) is 4.85. The molecule has 3 aromatic rings. The number of carbonyl (C=O) groups excluding carboxylic acids is 1. The first-order chi connectivity index (χ1) is 14.7. The molecule has 1 N–H and O–H groups in total. The van der Waals surface area contributed by atoms with Crippen molar-refractivity contribution in [3.05, 3.63) is 102 Å². The minimum Gasteiger partial charge on any atom is -0.489 e. The van der Waals surface area contributed by atoms with E-state index in [0.29, 0.717) is 31.0 Å². The second-order valence-electron chi connectivity index (χ2n) is 7.79. The second kappa shape index (κ2) is 9.59. The molecule has 4 heteroatoms. The summed E-state index contributed by atoms with van der Waals surface area (Å²) in [7, 11) is 0. The number of carbonyl (C=O) groups is 1. The van der Waals surface area contributed by atoms with Gasteiger partial charge < -0.3 is 14.7 Å². The molecule has 3 aromatic carbocycles. The minimum absolute atomic E-state index is 0.0211. The number of nitrogens with zero attached hydrogens (tertiary/aromatic N) is 1. The van der Waals surface area contributed by atoms with Crippen LogP contribution in [0.5, 0.6) is 5.75 Å². The van der Waals surface area contributed by atoms with Crippen molar-refractivity contribution in [2.45, 2.75) is 25.6 Å². The molecule has 1 aliphatic heterocycles. The van der Waals surface area contributed by atoms with Gasteiger partial charge in [0.05, 0.1) is 6.10 Å². The molecule has 1 atom stereocenters. The maximum atomic E-state index is 13.0. The van der Waals surface area contributed by atoms with Gasteiger partial charge in [-0.2, -0.15) is 0 Å². The van der Waals surface area contributed by atoms with E-state index in [1.54, 1.807) is 0 Å². The lowest BCUT2D eigenvalue weighted by Crippen LogP contribution is -2.39. The number of aliphatic hydroxyl groups is 1. The van der Waals surface area contributed by atoms with E-state index in [1.165, 1.54) is 0 Å². The van der Waals surface area contributed by atoms with Crippen molar-refractivity contribution >= 4 is 5.91 Å². The number of likely N-dealkylation sites (tertiary alicyclic amines) is 1. The fourth-order valence-corrected chi connectivity index (χ4v) is 3.98. The summed E-state index contributed by atoms with van der Waals surface area (Å²) in [4.78, 5) is 14.9. The van der Waals surface area contributed by atoms with Crippen LogP contribution in [0.4, 0.5) is 0 Å². The van der Waals surface area contributed by atoms with E-state index in [4.69, 9.17) is 4.74 Å². The molecule has 30 heavy (non-hydrogen) atoms. The Morgan fingerprint density at radius 1 is 0.933 bits per heavy atom. The highest BCUT2D eigenvalue weighted by Crippen LogP contribution is 2.31. The van der Waals surface area contributed by atoms with Gasteiger partial charge in [-0.15, -0.1) is 0 Å². The third-order valence-corrected chi connectivity index (χ3v) is 5.74. The van der Waals surface area contributed by atoms with Gasteiger partial charge in [-0.25, -0.2) is 0 Å². The highest BCUT2D eigenvalue weighted by Gasteiger charge is 2.28. The SMILES string of the molecule is O=C(c1cccc(OCc2ccccc2)c1)N1CCC(C(O)c2ccccc2)CC1. The molecule has 1 unspecified atom stereocenters.